The van der Waals surface area contributed by atoms with Crippen LogP contribution in [0.1, 0.15) is 97.8 Å². The molecule has 0 unspecified atom stereocenters. The fourth-order valence-corrected chi connectivity index (χ4v) is 3.50. The van der Waals surface area contributed by atoms with E-state index in [1.54, 1.807) is 0 Å². The van der Waals surface area contributed by atoms with Gasteiger partial charge in [-0.2, -0.15) is 0 Å². The highest BCUT2D eigenvalue weighted by molar-refractivity contribution is 4.58. The first-order valence-electron chi connectivity index (χ1n) is 14.2. The van der Waals surface area contributed by atoms with E-state index in [0.717, 1.165) is 19.6 Å². The Kier molecular flexibility index (Phi) is 28.1. The standard InChI is InChI=1S/C28H58O7/c1-28(2,3)35-18-15-13-11-9-7-5-4-6-8-10-12-14-17-30-20-22-32-24-26-34-27-25-33-23-21-31-19-16-29/h29H,4-27H2,1-3H3. The van der Waals surface area contributed by atoms with Crippen LogP contribution in [0.2, 0.25) is 0 Å². The van der Waals surface area contributed by atoms with E-state index >= 15 is 0 Å². The lowest BCUT2D eigenvalue weighted by atomic mass is 10.1. The molecule has 1 N–H and O–H groups in total. The van der Waals surface area contributed by atoms with Crippen molar-refractivity contribution in [1.29, 1.82) is 0 Å². The number of hydrogen-bond acceptors (Lipinski definition) is 7. The zero-order chi connectivity index (χ0) is 25.7. The van der Waals surface area contributed by atoms with Gasteiger partial charge < -0.3 is 33.5 Å². The van der Waals surface area contributed by atoms with Gasteiger partial charge in [0, 0.05) is 13.2 Å². The molecule has 0 heterocycles. The monoisotopic (exact) mass is 506 g/mol. The number of unbranched alkanes of at least 4 members (excludes halogenated alkanes) is 11. The molecule has 212 valence electrons. The second kappa shape index (κ2) is 28.3. The first-order valence-corrected chi connectivity index (χ1v) is 14.2. The Morgan fingerprint density at radius 1 is 0.371 bits per heavy atom. The Balaban J connectivity index is 3.03. The Bertz CT molecular complexity index is 388. The summed E-state index contributed by atoms with van der Waals surface area (Å²) in [6.07, 6.45) is 15.9. The van der Waals surface area contributed by atoms with Crippen LogP contribution in [0, 0.1) is 0 Å². The molecule has 0 rings (SSSR count). The second-order valence-electron chi connectivity index (χ2n) is 9.99. The molecule has 0 saturated heterocycles. The summed E-state index contributed by atoms with van der Waals surface area (Å²) in [7, 11) is 0. The molecule has 7 nitrogen and oxygen atoms in total. The van der Waals surface area contributed by atoms with Crippen LogP contribution in [0.4, 0.5) is 0 Å². The smallest absolute Gasteiger partial charge is 0.0701 e. The van der Waals surface area contributed by atoms with Crippen LogP contribution >= 0.6 is 0 Å². The van der Waals surface area contributed by atoms with Gasteiger partial charge in [-0.05, 0) is 33.6 Å². The summed E-state index contributed by atoms with van der Waals surface area (Å²) in [6, 6.07) is 0. The predicted octanol–water partition coefficient (Wildman–Crippen LogP) is 5.56. The molecule has 0 bridgehead atoms. The fraction of sp³-hybridized carbons (Fsp3) is 1.00. The molecule has 0 aliphatic rings. The molecule has 0 aromatic rings. The van der Waals surface area contributed by atoms with E-state index in [4.69, 9.17) is 33.5 Å². The molecule has 0 aromatic carbocycles. The minimum Gasteiger partial charge on any atom is -0.394 e. The maximum Gasteiger partial charge on any atom is 0.0701 e. The minimum atomic E-state index is 0.00853. The van der Waals surface area contributed by atoms with Gasteiger partial charge in [-0.15, -0.1) is 0 Å². The first kappa shape index (κ1) is 34.7. The van der Waals surface area contributed by atoms with Crippen molar-refractivity contribution in [3.8, 4) is 0 Å². The van der Waals surface area contributed by atoms with Gasteiger partial charge in [-0.3, -0.25) is 0 Å². The molecule has 35 heavy (non-hydrogen) atoms. The van der Waals surface area contributed by atoms with Crippen LogP contribution < -0.4 is 0 Å². The van der Waals surface area contributed by atoms with Crippen molar-refractivity contribution < 1.29 is 33.5 Å². The van der Waals surface area contributed by atoms with E-state index in [0.29, 0.717) is 59.5 Å². The number of aliphatic hydroxyl groups is 1. The predicted molar refractivity (Wildman–Crippen MR) is 142 cm³/mol. The molecule has 7 heteroatoms. The third kappa shape index (κ3) is 33.7. The third-order valence-corrected chi connectivity index (χ3v) is 5.44. The lowest BCUT2D eigenvalue weighted by Crippen LogP contribution is -2.19. The summed E-state index contributed by atoms with van der Waals surface area (Å²) in [6.45, 7) is 13.0. The summed E-state index contributed by atoms with van der Waals surface area (Å²) < 4.78 is 32.8. The molecule has 0 saturated carbocycles. The highest BCUT2D eigenvalue weighted by atomic mass is 16.6. The lowest BCUT2D eigenvalue weighted by Gasteiger charge is -2.19. The van der Waals surface area contributed by atoms with Crippen molar-refractivity contribution >= 4 is 0 Å². The Labute approximate surface area is 216 Å². The van der Waals surface area contributed by atoms with Crippen LogP contribution in [-0.4, -0.2) is 90.0 Å². The maximum atomic E-state index is 8.57. The summed E-state index contributed by atoms with van der Waals surface area (Å²) in [5.41, 5.74) is 0.00853. The van der Waals surface area contributed by atoms with Crippen molar-refractivity contribution in [2.75, 3.05) is 79.3 Å². The number of aliphatic hydroxyl groups excluding tert-OH is 1. The van der Waals surface area contributed by atoms with Gasteiger partial charge in [0.25, 0.3) is 0 Å². The van der Waals surface area contributed by atoms with E-state index in [1.165, 1.54) is 70.6 Å². The zero-order valence-electron chi connectivity index (χ0n) is 23.4. The molecule has 0 aromatic heterocycles. The molecular formula is C28H58O7. The minimum absolute atomic E-state index is 0.00853. The van der Waals surface area contributed by atoms with Gasteiger partial charge in [0.15, 0.2) is 0 Å². The summed E-state index contributed by atoms with van der Waals surface area (Å²) in [4.78, 5) is 0. The third-order valence-electron chi connectivity index (χ3n) is 5.44. The fourth-order valence-electron chi connectivity index (χ4n) is 3.50. The van der Waals surface area contributed by atoms with Gasteiger partial charge >= 0.3 is 0 Å². The molecule has 0 spiro atoms. The Morgan fingerprint density at radius 3 is 1.00 bits per heavy atom. The zero-order valence-corrected chi connectivity index (χ0v) is 23.4. The molecular weight excluding hydrogens is 448 g/mol. The van der Waals surface area contributed by atoms with Gasteiger partial charge in [0.2, 0.25) is 0 Å². The van der Waals surface area contributed by atoms with Gasteiger partial charge in [-0.25, -0.2) is 0 Å². The van der Waals surface area contributed by atoms with Crippen LogP contribution in [0.5, 0.6) is 0 Å². The molecule has 0 atom stereocenters. The highest BCUT2D eigenvalue weighted by Gasteiger charge is 2.08. The molecule has 0 fully saturated rings. The summed E-state index contributed by atoms with van der Waals surface area (Å²) in [5, 5.41) is 8.57. The molecule has 0 amide bonds. The van der Waals surface area contributed by atoms with E-state index in [-0.39, 0.29) is 12.2 Å². The first-order chi connectivity index (χ1) is 17.1. The van der Waals surface area contributed by atoms with Gasteiger partial charge in [-0.1, -0.05) is 64.2 Å². The molecule has 0 radical (unpaired) electrons. The highest BCUT2D eigenvalue weighted by Crippen LogP contribution is 2.13. The van der Waals surface area contributed by atoms with Gasteiger partial charge in [0.05, 0.1) is 71.7 Å². The van der Waals surface area contributed by atoms with Crippen molar-refractivity contribution in [3.05, 3.63) is 0 Å². The molecule has 0 aliphatic heterocycles. The van der Waals surface area contributed by atoms with E-state index in [1.807, 2.05) is 0 Å². The van der Waals surface area contributed by atoms with Crippen molar-refractivity contribution in [2.24, 2.45) is 0 Å². The van der Waals surface area contributed by atoms with E-state index < -0.39 is 0 Å². The summed E-state index contributed by atoms with van der Waals surface area (Å²) >= 11 is 0. The lowest BCUT2D eigenvalue weighted by molar-refractivity contribution is -0.0134. The van der Waals surface area contributed by atoms with Crippen LogP contribution in [0.15, 0.2) is 0 Å². The maximum absolute atomic E-state index is 8.57. The summed E-state index contributed by atoms with van der Waals surface area (Å²) in [5.74, 6) is 0. The normalized spacial score (nSPS) is 12.0. The van der Waals surface area contributed by atoms with E-state index in [9.17, 15) is 0 Å². The van der Waals surface area contributed by atoms with Crippen molar-refractivity contribution in [3.63, 3.8) is 0 Å². The van der Waals surface area contributed by atoms with Crippen LogP contribution in [0.25, 0.3) is 0 Å². The van der Waals surface area contributed by atoms with Gasteiger partial charge in [0.1, 0.15) is 0 Å². The average Bonchev–Trinajstić information content (AvgIpc) is 2.82. The Morgan fingerprint density at radius 2 is 0.657 bits per heavy atom. The average molecular weight is 507 g/mol. The Hall–Kier alpha value is -0.280. The van der Waals surface area contributed by atoms with Crippen molar-refractivity contribution in [2.45, 2.75) is 103 Å². The van der Waals surface area contributed by atoms with Crippen LogP contribution in [0.3, 0.4) is 0 Å². The van der Waals surface area contributed by atoms with Crippen LogP contribution in [-0.2, 0) is 28.4 Å². The quantitative estimate of drug-likeness (QED) is 0.133. The van der Waals surface area contributed by atoms with E-state index in [2.05, 4.69) is 20.8 Å². The topological polar surface area (TPSA) is 75.6 Å². The number of hydrogen-bond donors (Lipinski definition) is 1. The molecule has 0 aliphatic carbocycles. The largest absolute Gasteiger partial charge is 0.394 e. The number of rotatable bonds is 29. The second-order valence-corrected chi connectivity index (χ2v) is 9.99. The van der Waals surface area contributed by atoms with Crippen molar-refractivity contribution in [1.82, 2.24) is 0 Å². The SMILES string of the molecule is CC(C)(C)OCCCCCCCCCCCCCCOCCOCCOCCOCCOCCO. The number of ether oxygens (including phenoxy) is 6.